The second-order valence-electron chi connectivity index (χ2n) is 4.65. The minimum Gasteiger partial charge on any atom is -0.871 e. The van der Waals surface area contributed by atoms with Crippen molar-refractivity contribution in [3.8, 4) is 5.75 Å². The molecule has 0 unspecified atom stereocenters. The number of nitrogens with zero attached hydrogens (tertiary/aromatic N) is 1. The molecule has 0 aliphatic rings. The number of fused-ring (bicyclic) bond motifs is 1. The van der Waals surface area contributed by atoms with Gasteiger partial charge in [0.1, 0.15) is 18.1 Å². The third-order valence-electron chi connectivity index (χ3n) is 3.11. The molecule has 6 heteroatoms. The number of rotatable bonds is 4. The molecule has 1 heterocycles. The van der Waals surface area contributed by atoms with Crippen LogP contribution in [-0.2, 0) is 13.1 Å². The molecule has 0 aliphatic heterocycles. The maximum atomic E-state index is 11.9. The zero-order valence-electron chi connectivity index (χ0n) is 11.0. The highest BCUT2D eigenvalue weighted by Gasteiger charge is 2.07. The molecule has 0 fully saturated rings. The Morgan fingerprint density at radius 3 is 2.76 bits per heavy atom. The molecule has 2 aromatic carbocycles. The minimum absolute atomic E-state index is 0.151. The number of thiazole rings is 1. The highest BCUT2D eigenvalue weighted by Crippen LogP contribution is 2.28. The van der Waals surface area contributed by atoms with Crippen LogP contribution >= 0.6 is 34.5 Å². The lowest BCUT2D eigenvalue weighted by atomic mass is 10.2. The van der Waals surface area contributed by atoms with Gasteiger partial charge in [0.25, 0.3) is 0 Å². The van der Waals surface area contributed by atoms with Gasteiger partial charge in [-0.2, -0.15) is 0 Å². The van der Waals surface area contributed by atoms with Gasteiger partial charge in [0.05, 0.1) is 10.2 Å². The van der Waals surface area contributed by atoms with Crippen molar-refractivity contribution in [2.45, 2.75) is 13.1 Å². The van der Waals surface area contributed by atoms with E-state index in [2.05, 4.69) is 11.1 Å². The number of hydrogen-bond acceptors (Lipinski definition) is 3. The van der Waals surface area contributed by atoms with Gasteiger partial charge in [-0.15, -0.1) is 11.3 Å². The first-order valence-corrected chi connectivity index (χ1v) is 8.02. The molecule has 0 atom stereocenters. The van der Waals surface area contributed by atoms with E-state index >= 15 is 0 Å². The fourth-order valence-electron chi connectivity index (χ4n) is 2.12. The molecule has 21 heavy (non-hydrogen) atoms. The molecule has 108 valence electrons. The molecule has 0 bridgehead atoms. The Morgan fingerprint density at radius 1 is 1.14 bits per heavy atom. The van der Waals surface area contributed by atoms with Crippen LogP contribution in [0.2, 0.25) is 10.0 Å². The molecule has 3 aromatic rings. The second-order valence-corrected chi connectivity index (χ2v) is 6.61. The van der Waals surface area contributed by atoms with E-state index in [0.717, 1.165) is 17.1 Å². The van der Waals surface area contributed by atoms with Crippen LogP contribution in [0.3, 0.4) is 0 Å². The molecule has 2 N–H and O–H groups in total. The van der Waals surface area contributed by atoms with Crippen molar-refractivity contribution in [2.24, 2.45) is 0 Å². The van der Waals surface area contributed by atoms with Gasteiger partial charge in [-0.05, 0) is 24.3 Å². The van der Waals surface area contributed by atoms with Crippen molar-refractivity contribution in [1.29, 1.82) is 0 Å². The molecular weight excluding hydrogens is 327 g/mol. The van der Waals surface area contributed by atoms with Crippen LogP contribution in [0, 0.1) is 0 Å². The van der Waals surface area contributed by atoms with Gasteiger partial charge in [0.15, 0.2) is 0 Å². The quantitative estimate of drug-likeness (QED) is 0.795. The summed E-state index contributed by atoms with van der Waals surface area (Å²) in [5.41, 5.74) is 1.63. The molecule has 0 radical (unpaired) electrons. The molecule has 0 saturated heterocycles. The number of aromatic nitrogens is 1. The van der Waals surface area contributed by atoms with E-state index in [4.69, 9.17) is 23.2 Å². The summed E-state index contributed by atoms with van der Waals surface area (Å²) in [6.07, 6.45) is 0. The number of hydrogen-bond donors (Lipinski definition) is 1. The third-order valence-corrected chi connectivity index (χ3v) is 4.66. The van der Waals surface area contributed by atoms with Crippen molar-refractivity contribution in [3.63, 3.8) is 0 Å². The standard InChI is InChI=1S/C15H12Cl2N2OS/c16-10-5-9(15(20)11(17)6-10)7-18-8-14-19-12-3-1-2-4-13(12)21-14/h1-6,18,20H,7-8H2. The Morgan fingerprint density at radius 2 is 1.95 bits per heavy atom. The van der Waals surface area contributed by atoms with E-state index in [0.29, 0.717) is 17.1 Å². The van der Waals surface area contributed by atoms with Crippen molar-refractivity contribution >= 4 is 44.8 Å². The Balaban J connectivity index is 1.68. The Labute approximate surface area is 136 Å². The number of quaternary nitrogens is 1. The molecule has 3 nitrogen and oxygen atoms in total. The minimum atomic E-state index is -0.151. The summed E-state index contributed by atoms with van der Waals surface area (Å²) < 4.78 is 1.18. The Bertz CT molecular complexity index is 755. The summed E-state index contributed by atoms with van der Waals surface area (Å²) in [4.78, 5) is 4.56. The zero-order chi connectivity index (χ0) is 14.8. The predicted molar refractivity (Wildman–Crippen MR) is 84.9 cm³/mol. The normalized spacial score (nSPS) is 11.1. The molecular formula is C15H12Cl2N2OS. The lowest BCUT2D eigenvalue weighted by molar-refractivity contribution is -0.686. The molecule has 0 saturated carbocycles. The zero-order valence-corrected chi connectivity index (χ0v) is 13.3. The monoisotopic (exact) mass is 338 g/mol. The van der Waals surface area contributed by atoms with E-state index in [1.165, 1.54) is 10.8 Å². The number of para-hydroxylation sites is 1. The fraction of sp³-hybridized carbons (Fsp3) is 0.133. The molecule has 0 aliphatic carbocycles. The number of halogens is 2. The fourth-order valence-corrected chi connectivity index (χ4v) is 3.62. The van der Waals surface area contributed by atoms with Gasteiger partial charge in [-0.1, -0.05) is 41.1 Å². The van der Waals surface area contributed by atoms with Gasteiger partial charge in [-0.3, -0.25) is 0 Å². The van der Waals surface area contributed by atoms with Crippen LogP contribution < -0.4 is 10.4 Å². The summed E-state index contributed by atoms with van der Waals surface area (Å²) in [5, 5.41) is 15.6. The van der Waals surface area contributed by atoms with E-state index in [1.54, 1.807) is 17.4 Å². The van der Waals surface area contributed by atoms with E-state index in [-0.39, 0.29) is 10.8 Å². The summed E-state index contributed by atoms with van der Waals surface area (Å²) in [7, 11) is 0. The average Bonchev–Trinajstić information content (AvgIpc) is 2.86. The van der Waals surface area contributed by atoms with Crippen LogP contribution in [0.5, 0.6) is 5.75 Å². The van der Waals surface area contributed by atoms with E-state index in [9.17, 15) is 5.11 Å². The van der Waals surface area contributed by atoms with Crippen molar-refractivity contribution in [2.75, 3.05) is 0 Å². The first kappa shape index (κ1) is 14.6. The van der Waals surface area contributed by atoms with Crippen molar-refractivity contribution < 1.29 is 10.4 Å². The van der Waals surface area contributed by atoms with E-state index < -0.39 is 0 Å². The predicted octanol–water partition coefficient (Wildman–Crippen LogP) is 2.94. The summed E-state index contributed by atoms with van der Waals surface area (Å²) in [6, 6.07) is 11.2. The highest BCUT2D eigenvalue weighted by atomic mass is 35.5. The lowest BCUT2D eigenvalue weighted by Crippen LogP contribution is -2.80. The lowest BCUT2D eigenvalue weighted by Gasteiger charge is -2.14. The summed E-state index contributed by atoms with van der Waals surface area (Å²) in [6.45, 7) is 1.26. The first-order valence-electron chi connectivity index (χ1n) is 6.44. The SMILES string of the molecule is [O-]c1c(Cl)cc(Cl)cc1C[NH2+]Cc1nc2ccccc2s1. The second kappa shape index (κ2) is 6.20. The smallest absolute Gasteiger partial charge is 0.148 e. The van der Waals surface area contributed by atoms with Crippen molar-refractivity contribution in [1.82, 2.24) is 4.98 Å². The van der Waals surface area contributed by atoms with Gasteiger partial charge in [-0.25, -0.2) is 4.98 Å². The first-order chi connectivity index (χ1) is 10.1. The summed E-state index contributed by atoms with van der Waals surface area (Å²) in [5.74, 6) is -0.151. The van der Waals surface area contributed by atoms with Crippen LogP contribution in [0.25, 0.3) is 10.2 Å². The Hall–Kier alpha value is -1.33. The van der Waals surface area contributed by atoms with Crippen LogP contribution in [0.15, 0.2) is 36.4 Å². The van der Waals surface area contributed by atoms with Crippen LogP contribution in [-0.4, -0.2) is 4.98 Å². The molecule has 0 spiro atoms. The van der Waals surface area contributed by atoms with Gasteiger partial charge in [0.2, 0.25) is 0 Å². The maximum Gasteiger partial charge on any atom is 0.148 e. The number of benzene rings is 2. The Kier molecular flexibility index (Phi) is 4.31. The average molecular weight is 339 g/mol. The number of nitrogens with two attached hydrogens (primary N) is 1. The molecule has 3 rings (SSSR count). The third kappa shape index (κ3) is 3.30. The largest absolute Gasteiger partial charge is 0.871 e. The summed E-state index contributed by atoms with van der Waals surface area (Å²) >= 11 is 13.4. The molecule has 1 aromatic heterocycles. The van der Waals surface area contributed by atoms with Gasteiger partial charge < -0.3 is 10.4 Å². The maximum absolute atomic E-state index is 11.9. The van der Waals surface area contributed by atoms with Crippen LogP contribution in [0.1, 0.15) is 10.6 Å². The topological polar surface area (TPSA) is 52.6 Å². The molecule has 0 amide bonds. The van der Waals surface area contributed by atoms with Crippen LogP contribution in [0.4, 0.5) is 0 Å². The van der Waals surface area contributed by atoms with Crippen molar-refractivity contribution in [3.05, 3.63) is 57.0 Å². The highest BCUT2D eigenvalue weighted by molar-refractivity contribution is 7.18. The van der Waals surface area contributed by atoms with E-state index in [1.807, 2.05) is 23.5 Å². The van der Waals surface area contributed by atoms with Gasteiger partial charge >= 0.3 is 0 Å². The van der Waals surface area contributed by atoms with Gasteiger partial charge in [0, 0.05) is 15.6 Å².